The zero-order valence-corrected chi connectivity index (χ0v) is 38.6. The predicted octanol–water partition coefficient (Wildman–Crippen LogP) is -1.68. The Balaban J connectivity index is 2.03. The normalized spacial score (nSPS) is 22.6. The highest BCUT2D eigenvalue weighted by atomic mass is 16.5. The Labute approximate surface area is 388 Å². The van der Waals surface area contributed by atoms with Crippen LogP contribution < -0.4 is 43.0 Å². The molecule has 10 N–H and O–H groups in total. The molecule has 21 heteroatoms. The number of nitrogens with one attached hydrogen (secondary N) is 7. The lowest BCUT2D eigenvalue weighted by Gasteiger charge is -2.31. The van der Waals surface area contributed by atoms with Gasteiger partial charge in [-0.3, -0.25) is 47.9 Å². The van der Waals surface area contributed by atoms with Gasteiger partial charge in [-0.2, -0.15) is 0 Å². The first-order chi connectivity index (χ1) is 31.5. The summed E-state index contributed by atoms with van der Waals surface area (Å²) in [6.07, 6.45) is -4.56. The van der Waals surface area contributed by atoms with Crippen LogP contribution in [0.4, 0.5) is 0 Å². The predicted molar refractivity (Wildman–Crippen MR) is 239 cm³/mol. The zero-order valence-electron chi connectivity index (χ0n) is 38.6. The summed E-state index contributed by atoms with van der Waals surface area (Å²) in [5, 5.41) is 27.5. The number of carbonyl (C=O) groups excluding carboxylic acids is 11. The van der Waals surface area contributed by atoms with E-state index < -0.39 is 132 Å². The molecule has 1 fully saturated rings. The highest BCUT2D eigenvalue weighted by Gasteiger charge is 2.40. The Bertz CT molecular complexity index is 2130. The third kappa shape index (κ3) is 17.4. The first-order valence-corrected chi connectivity index (χ1v) is 21.9. The van der Waals surface area contributed by atoms with Gasteiger partial charge >= 0.3 is 5.97 Å². The van der Waals surface area contributed by atoms with Crippen molar-refractivity contribution in [3.05, 3.63) is 71.8 Å². The molecular formula is C46H62N8O13. The Morgan fingerprint density at radius 2 is 1.22 bits per heavy atom. The number of esters is 1. The number of cyclic esters (lactones) is 1. The van der Waals surface area contributed by atoms with Crippen molar-refractivity contribution in [1.82, 2.24) is 37.2 Å². The van der Waals surface area contributed by atoms with Crippen molar-refractivity contribution in [1.29, 1.82) is 0 Å². The maximum Gasteiger partial charge on any atom is 0.328 e. The number of aliphatic hydroxyl groups is 1. The fourth-order valence-corrected chi connectivity index (χ4v) is 6.95. The second kappa shape index (κ2) is 25.6. The van der Waals surface area contributed by atoms with Crippen molar-refractivity contribution in [2.75, 3.05) is 0 Å². The van der Waals surface area contributed by atoms with Crippen LogP contribution in [0.2, 0.25) is 0 Å². The molecule has 9 atom stereocenters. The minimum absolute atomic E-state index is 0.0376. The molecule has 8 amide bonds. The van der Waals surface area contributed by atoms with Gasteiger partial charge < -0.3 is 52.8 Å². The number of primary amides is 1. The average molecular weight is 935 g/mol. The smallest absolute Gasteiger partial charge is 0.328 e. The van der Waals surface area contributed by atoms with E-state index in [9.17, 15) is 57.8 Å². The summed E-state index contributed by atoms with van der Waals surface area (Å²) in [6, 6.07) is 5.80. The van der Waals surface area contributed by atoms with E-state index in [4.69, 9.17) is 10.5 Å². The molecule has 0 spiro atoms. The van der Waals surface area contributed by atoms with Crippen molar-refractivity contribution >= 4 is 64.8 Å². The van der Waals surface area contributed by atoms with Gasteiger partial charge in [0, 0.05) is 6.42 Å². The van der Waals surface area contributed by atoms with E-state index in [1.165, 1.54) is 6.92 Å². The van der Waals surface area contributed by atoms with Crippen LogP contribution in [0.5, 0.6) is 0 Å². The molecule has 2 aromatic carbocycles. The topological polar surface area (TPSA) is 327 Å². The number of amides is 8. The number of ketones is 2. The van der Waals surface area contributed by atoms with Gasteiger partial charge in [0.05, 0.1) is 25.0 Å². The molecule has 364 valence electrons. The fraction of sp³-hybridized carbons (Fsp3) is 0.500. The average Bonchev–Trinajstić information content (AvgIpc) is 3.25. The number of hydrogen-bond acceptors (Lipinski definition) is 13. The third-order valence-electron chi connectivity index (χ3n) is 10.4. The summed E-state index contributed by atoms with van der Waals surface area (Å²) in [5.41, 5.74) is 6.64. The van der Waals surface area contributed by atoms with Gasteiger partial charge in [0.15, 0.2) is 0 Å². The Morgan fingerprint density at radius 3 is 1.78 bits per heavy atom. The van der Waals surface area contributed by atoms with Gasteiger partial charge in [0.1, 0.15) is 42.4 Å². The van der Waals surface area contributed by atoms with E-state index in [0.29, 0.717) is 11.1 Å². The largest absolute Gasteiger partial charge is 0.458 e. The van der Waals surface area contributed by atoms with E-state index in [2.05, 4.69) is 37.2 Å². The fourth-order valence-electron chi connectivity index (χ4n) is 6.95. The zero-order chi connectivity index (χ0) is 50.1. The van der Waals surface area contributed by atoms with Crippen LogP contribution >= 0.6 is 0 Å². The standard InChI is InChI=1S/C46H62N8O13/c1-23(2)18-30-38(58)39(59)45(65)52-31(19-24(3)4)41(61)51-33(22-34(47)56)40(60)48-25(5)46(66)67-27(7)37(44(64)50-30)54-43(63)36(26(6)55)53-42(62)32(20-28-14-10-8-11-15-28)49-35(57)21-29-16-12-9-13-17-29/h8-17,23-27,30-33,36-37,55H,18-22H2,1-7H3,(H2,47,56)(H,48,60)(H,49,57)(H,50,64)(H,51,61)(H,52,65)(H,53,62)(H,54,63). The number of ether oxygens (including phenoxy) is 1. The van der Waals surface area contributed by atoms with Crippen LogP contribution in [-0.2, 0) is 70.3 Å². The Hall–Kier alpha value is -7.03. The lowest BCUT2D eigenvalue weighted by atomic mass is 9.96. The summed E-state index contributed by atoms with van der Waals surface area (Å²) in [6.45, 7) is 10.1. The highest BCUT2D eigenvalue weighted by Crippen LogP contribution is 2.13. The molecule has 1 aliphatic rings. The first-order valence-electron chi connectivity index (χ1n) is 21.9. The molecule has 67 heavy (non-hydrogen) atoms. The summed E-state index contributed by atoms with van der Waals surface area (Å²) in [7, 11) is 0. The number of carbonyl (C=O) groups is 11. The monoisotopic (exact) mass is 934 g/mol. The number of Topliss-reactive ketones (excluding diaryl/α,β-unsaturated/α-hetero) is 2. The molecule has 9 unspecified atom stereocenters. The Morgan fingerprint density at radius 1 is 0.687 bits per heavy atom. The van der Waals surface area contributed by atoms with Crippen molar-refractivity contribution in [3.63, 3.8) is 0 Å². The molecule has 0 bridgehead atoms. The summed E-state index contributed by atoms with van der Waals surface area (Å²) >= 11 is 0. The molecule has 1 heterocycles. The molecule has 0 aromatic heterocycles. The third-order valence-corrected chi connectivity index (χ3v) is 10.4. The molecule has 21 nitrogen and oxygen atoms in total. The number of hydrogen-bond donors (Lipinski definition) is 9. The van der Waals surface area contributed by atoms with Gasteiger partial charge in [-0.25, -0.2) is 4.79 Å². The summed E-state index contributed by atoms with van der Waals surface area (Å²) < 4.78 is 5.52. The van der Waals surface area contributed by atoms with Crippen LogP contribution in [0.25, 0.3) is 0 Å². The second-order valence-corrected chi connectivity index (χ2v) is 17.3. The molecule has 1 saturated heterocycles. The Kier molecular flexibility index (Phi) is 20.8. The lowest BCUT2D eigenvalue weighted by molar-refractivity contribution is -0.156. The van der Waals surface area contributed by atoms with E-state index in [-0.39, 0.29) is 31.6 Å². The van der Waals surface area contributed by atoms with Crippen LogP contribution in [0, 0.1) is 11.8 Å². The van der Waals surface area contributed by atoms with Crippen LogP contribution in [-0.4, -0.2) is 124 Å². The van der Waals surface area contributed by atoms with Gasteiger partial charge in [-0.15, -0.1) is 0 Å². The number of aliphatic hydroxyl groups excluding tert-OH is 1. The molecular weight excluding hydrogens is 873 g/mol. The molecule has 3 rings (SSSR count). The van der Waals surface area contributed by atoms with E-state index >= 15 is 0 Å². The van der Waals surface area contributed by atoms with Gasteiger partial charge in [0.2, 0.25) is 47.1 Å². The van der Waals surface area contributed by atoms with Crippen LogP contribution in [0.1, 0.15) is 78.9 Å². The molecule has 1 aliphatic heterocycles. The van der Waals surface area contributed by atoms with Gasteiger partial charge in [-0.05, 0) is 56.6 Å². The van der Waals surface area contributed by atoms with Gasteiger partial charge in [0.25, 0.3) is 11.7 Å². The quantitative estimate of drug-likeness (QED) is 0.0672. The van der Waals surface area contributed by atoms with Crippen molar-refractivity contribution in [2.45, 2.75) is 135 Å². The lowest BCUT2D eigenvalue weighted by Crippen LogP contribution is -2.63. The minimum Gasteiger partial charge on any atom is -0.458 e. The van der Waals surface area contributed by atoms with E-state index in [1.54, 1.807) is 88.4 Å². The molecule has 0 saturated carbocycles. The SMILES string of the molecule is CC(C)CC1NC(=O)C(=O)C(=O)C(CC(C)C)NC(=O)C(NC(=O)C(NC(=O)C(Cc2ccccc2)NC(=O)Cc2ccccc2)C(C)O)C(C)OC(=O)C(C)NC(=O)C(CC(N)=O)NC1=O. The minimum atomic E-state index is -1.95. The summed E-state index contributed by atoms with van der Waals surface area (Å²) in [5.74, 6) is -13.5. The number of rotatable bonds is 16. The first kappa shape index (κ1) is 54.3. The second-order valence-electron chi connectivity index (χ2n) is 17.3. The van der Waals surface area contributed by atoms with Crippen LogP contribution in [0.3, 0.4) is 0 Å². The maximum atomic E-state index is 14.2. The summed E-state index contributed by atoms with van der Waals surface area (Å²) in [4.78, 5) is 148. The van der Waals surface area contributed by atoms with Crippen molar-refractivity contribution in [3.8, 4) is 0 Å². The van der Waals surface area contributed by atoms with Crippen LogP contribution in [0.15, 0.2) is 60.7 Å². The van der Waals surface area contributed by atoms with Crippen molar-refractivity contribution in [2.24, 2.45) is 17.6 Å². The molecule has 2 aromatic rings. The highest BCUT2D eigenvalue weighted by molar-refractivity contribution is 6.64. The van der Waals surface area contributed by atoms with Crippen molar-refractivity contribution < 1.29 is 62.6 Å². The van der Waals surface area contributed by atoms with Gasteiger partial charge in [-0.1, -0.05) is 88.4 Å². The number of benzene rings is 2. The van der Waals surface area contributed by atoms with E-state index in [1.807, 2.05) is 0 Å². The maximum absolute atomic E-state index is 14.2. The molecule has 0 aliphatic carbocycles. The number of nitrogens with two attached hydrogens (primary N) is 1. The molecule has 0 radical (unpaired) electrons. The van der Waals surface area contributed by atoms with E-state index in [0.717, 1.165) is 13.8 Å².